The number of para-hydroxylation sites is 1. The van der Waals surface area contributed by atoms with E-state index >= 15 is 0 Å². The monoisotopic (exact) mass is 576 g/mol. The summed E-state index contributed by atoms with van der Waals surface area (Å²) in [4.78, 5) is 40.9. The van der Waals surface area contributed by atoms with Gasteiger partial charge in [-0.1, -0.05) is 29.8 Å². The Morgan fingerprint density at radius 3 is 2.45 bits per heavy atom. The van der Waals surface area contributed by atoms with Gasteiger partial charge in [-0.3, -0.25) is 29.9 Å². The summed E-state index contributed by atoms with van der Waals surface area (Å²) >= 11 is 11.3. The molecule has 5 rings (SSSR count). The number of rotatable bonds is 6. The van der Waals surface area contributed by atoms with Gasteiger partial charge in [0.15, 0.2) is 5.11 Å². The largest absolute Gasteiger partial charge is 0.496 e. The predicted molar refractivity (Wildman–Crippen MR) is 158 cm³/mol. The fourth-order valence-corrected chi connectivity index (χ4v) is 5.54. The van der Waals surface area contributed by atoms with Crippen LogP contribution in [0, 0.1) is 10.1 Å². The molecule has 1 N–H and O–H groups in total. The minimum absolute atomic E-state index is 0.0628. The van der Waals surface area contributed by atoms with Crippen molar-refractivity contribution >= 4 is 63.9 Å². The van der Waals surface area contributed by atoms with E-state index in [1.54, 1.807) is 37.4 Å². The van der Waals surface area contributed by atoms with Gasteiger partial charge in [0, 0.05) is 41.5 Å². The third-order valence-corrected chi connectivity index (χ3v) is 7.66. The van der Waals surface area contributed by atoms with E-state index in [1.807, 2.05) is 18.2 Å². The van der Waals surface area contributed by atoms with Gasteiger partial charge >= 0.3 is 0 Å². The first-order chi connectivity index (χ1) is 19.3. The van der Waals surface area contributed by atoms with Crippen molar-refractivity contribution in [3.63, 3.8) is 0 Å². The van der Waals surface area contributed by atoms with Crippen molar-refractivity contribution in [3.05, 3.63) is 98.6 Å². The van der Waals surface area contributed by atoms with E-state index in [-0.39, 0.29) is 16.4 Å². The number of hydrogen-bond acceptors (Lipinski definition) is 7. The highest BCUT2D eigenvalue weighted by atomic mass is 35.5. The lowest BCUT2D eigenvalue weighted by Gasteiger charge is -2.35. The number of halogens is 1. The van der Waals surface area contributed by atoms with Crippen molar-refractivity contribution < 1.29 is 19.2 Å². The molecule has 0 unspecified atom stereocenters. The summed E-state index contributed by atoms with van der Waals surface area (Å²) < 4.78 is 5.55. The Bertz CT molecular complexity index is 1530. The van der Waals surface area contributed by atoms with Gasteiger partial charge in [0.2, 0.25) is 0 Å². The van der Waals surface area contributed by atoms with Crippen molar-refractivity contribution in [3.8, 4) is 5.75 Å². The molecule has 2 amide bonds. The smallest absolute Gasteiger partial charge is 0.270 e. The number of ether oxygens (including phenoxy) is 1. The number of carbonyl (C=O) groups is 2. The lowest BCUT2D eigenvalue weighted by atomic mass is 9.88. The van der Waals surface area contributed by atoms with E-state index in [0.717, 1.165) is 24.2 Å². The molecule has 9 nitrogen and oxygen atoms in total. The van der Waals surface area contributed by atoms with Crippen LogP contribution in [-0.2, 0) is 9.59 Å². The first-order valence-electron chi connectivity index (χ1n) is 12.6. The zero-order chi connectivity index (χ0) is 28.4. The maximum atomic E-state index is 13.5. The molecule has 0 atom stereocenters. The lowest BCUT2D eigenvalue weighted by Crippen LogP contribution is -2.54. The number of thiocarbonyl (C=S) groups is 1. The number of piperidine rings is 1. The van der Waals surface area contributed by atoms with Crippen molar-refractivity contribution in [1.29, 1.82) is 0 Å². The molecule has 0 aromatic heterocycles. The second-order valence-electron chi connectivity index (χ2n) is 9.44. The Labute approximate surface area is 241 Å². The number of methoxy groups -OCH3 is 1. The van der Waals surface area contributed by atoms with Crippen molar-refractivity contribution in [2.24, 2.45) is 0 Å². The highest BCUT2D eigenvalue weighted by molar-refractivity contribution is 7.80. The van der Waals surface area contributed by atoms with Gasteiger partial charge in [-0.05, 0) is 79.0 Å². The number of nitro groups is 1. The Balaban J connectivity index is 1.47. The molecule has 2 saturated heterocycles. The quantitative estimate of drug-likeness (QED) is 0.136. The molecule has 2 fully saturated rings. The number of nitrogens with one attached hydrogen (secondary N) is 1. The van der Waals surface area contributed by atoms with E-state index in [0.29, 0.717) is 41.0 Å². The molecule has 3 aromatic rings. The van der Waals surface area contributed by atoms with Crippen LogP contribution in [0.4, 0.5) is 17.1 Å². The summed E-state index contributed by atoms with van der Waals surface area (Å²) in [5, 5.41) is 14.6. The first kappa shape index (κ1) is 27.3. The van der Waals surface area contributed by atoms with Crippen LogP contribution < -0.4 is 19.9 Å². The van der Waals surface area contributed by atoms with Gasteiger partial charge in [-0.2, -0.15) is 0 Å². The van der Waals surface area contributed by atoms with Crippen LogP contribution in [0.25, 0.3) is 6.08 Å². The molecule has 2 aliphatic heterocycles. The van der Waals surface area contributed by atoms with Gasteiger partial charge < -0.3 is 9.64 Å². The Morgan fingerprint density at radius 1 is 1.07 bits per heavy atom. The molecule has 204 valence electrons. The van der Waals surface area contributed by atoms with Gasteiger partial charge in [-0.25, -0.2) is 0 Å². The maximum Gasteiger partial charge on any atom is 0.270 e. The van der Waals surface area contributed by atoms with Gasteiger partial charge in [-0.15, -0.1) is 0 Å². The van der Waals surface area contributed by atoms with E-state index < -0.39 is 16.7 Å². The summed E-state index contributed by atoms with van der Waals surface area (Å²) in [7, 11) is 1.66. The van der Waals surface area contributed by atoms with E-state index in [9.17, 15) is 19.7 Å². The fraction of sp³-hybridized carbons (Fsp3) is 0.207. The van der Waals surface area contributed by atoms with E-state index in [4.69, 9.17) is 28.6 Å². The molecule has 11 heteroatoms. The number of amides is 2. The zero-order valence-electron chi connectivity index (χ0n) is 21.5. The highest BCUT2D eigenvalue weighted by Gasteiger charge is 2.35. The Hall–Kier alpha value is -4.28. The number of hydrogen-bond donors (Lipinski definition) is 1. The van der Waals surface area contributed by atoms with Crippen LogP contribution in [0.2, 0.25) is 5.02 Å². The first-order valence-corrected chi connectivity index (χ1v) is 13.4. The number of non-ortho nitro benzene ring substituents is 1. The summed E-state index contributed by atoms with van der Waals surface area (Å²) in [6, 6.07) is 18.9. The third kappa shape index (κ3) is 5.41. The lowest BCUT2D eigenvalue weighted by molar-refractivity contribution is -0.384. The van der Waals surface area contributed by atoms with Crippen molar-refractivity contribution in [2.75, 3.05) is 30.0 Å². The van der Waals surface area contributed by atoms with Gasteiger partial charge in [0.25, 0.3) is 17.5 Å². The minimum Gasteiger partial charge on any atom is -0.496 e. The zero-order valence-corrected chi connectivity index (χ0v) is 23.1. The standard InChI is InChI=1S/C29H25ClN4O5S/c1-39-26-5-3-2-4-23(26)18-12-14-32(15-13-18)25-11-10-22(34(37)38)16-19(25)17-24-27(35)31-29(40)33(28(24)36)21-8-6-20(30)7-9-21/h2-11,16-18H,12-15H2,1H3,(H,31,35,40). The van der Waals surface area contributed by atoms with Crippen molar-refractivity contribution in [1.82, 2.24) is 5.32 Å². The third-order valence-electron chi connectivity index (χ3n) is 7.12. The molecule has 0 aliphatic carbocycles. The molecular weight excluding hydrogens is 552 g/mol. The predicted octanol–water partition coefficient (Wildman–Crippen LogP) is 5.47. The number of carbonyl (C=O) groups excluding carboxylic acids is 2. The van der Waals surface area contributed by atoms with Crippen LogP contribution >= 0.6 is 23.8 Å². The fourth-order valence-electron chi connectivity index (χ4n) is 5.13. The molecule has 0 radical (unpaired) electrons. The summed E-state index contributed by atoms with van der Waals surface area (Å²) in [6.07, 6.45) is 3.08. The Morgan fingerprint density at radius 2 is 1.77 bits per heavy atom. The number of nitrogens with zero attached hydrogens (tertiary/aromatic N) is 3. The maximum absolute atomic E-state index is 13.5. The molecular formula is C29H25ClN4O5S. The average molecular weight is 577 g/mol. The second-order valence-corrected chi connectivity index (χ2v) is 10.3. The molecule has 0 saturated carbocycles. The van der Waals surface area contributed by atoms with Crippen LogP contribution in [0.1, 0.15) is 29.9 Å². The Kier molecular flexibility index (Phi) is 7.81. The molecule has 3 aromatic carbocycles. The topological polar surface area (TPSA) is 105 Å². The number of anilines is 2. The summed E-state index contributed by atoms with van der Waals surface area (Å²) in [5.74, 6) is -0.158. The normalized spacial score (nSPS) is 17.2. The summed E-state index contributed by atoms with van der Waals surface area (Å²) in [5.41, 5.74) is 2.35. The van der Waals surface area contributed by atoms with E-state index in [1.165, 1.54) is 23.1 Å². The van der Waals surface area contributed by atoms with Crippen LogP contribution in [0.3, 0.4) is 0 Å². The molecule has 2 aliphatic rings. The minimum atomic E-state index is -0.674. The van der Waals surface area contributed by atoms with E-state index in [2.05, 4.69) is 16.3 Å². The average Bonchev–Trinajstić information content (AvgIpc) is 2.96. The van der Waals surface area contributed by atoms with Crippen LogP contribution in [-0.4, -0.2) is 42.0 Å². The van der Waals surface area contributed by atoms with Crippen molar-refractivity contribution in [2.45, 2.75) is 18.8 Å². The number of nitro benzene ring substituents is 1. The molecule has 0 bridgehead atoms. The van der Waals surface area contributed by atoms with Gasteiger partial charge in [0.05, 0.1) is 17.7 Å². The molecule has 2 heterocycles. The van der Waals surface area contributed by atoms with Crippen LogP contribution in [0.15, 0.2) is 72.3 Å². The highest BCUT2D eigenvalue weighted by Crippen LogP contribution is 2.37. The van der Waals surface area contributed by atoms with Crippen LogP contribution in [0.5, 0.6) is 5.75 Å². The van der Waals surface area contributed by atoms with Gasteiger partial charge in [0.1, 0.15) is 11.3 Å². The second kappa shape index (κ2) is 11.4. The number of benzene rings is 3. The SMILES string of the molecule is COc1ccccc1C1CCN(c2ccc([N+](=O)[O-])cc2C=C2C(=O)NC(=S)N(c3ccc(Cl)cc3)C2=O)CC1. The molecule has 0 spiro atoms. The molecule has 40 heavy (non-hydrogen) atoms. The summed E-state index contributed by atoms with van der Waals surface area (Å²) in [6.45, 7) is 1.36.